The summed E-state index contributed by atoms with van der Waals surface area (Å²) < 4.78 is 12.3. The van der Waals surface area contributed by atoms with Gasteiger partial charge in [0.1, 0.15) is 6.61 Å². The second-order valence-electron chi connectivity index (χ2n) is 6.25. The second kappa shape index (κ2) is 11.0. The van der Waals surface area contributed by atoms with Crippen molar-refractivity contribution in [3.8, 4) is 11.5 Å². The van der Waals surface area contributed by atoms with Gasteiger partial charge in [0.2, 0.25) is 0 Å². The number of hydrogen-bond donors (Lipinski definition) is 1. The molecule has 0 saturated heterocycles. The number of amides is 1. The lowest BCUT2D eigenvalue weighted by molar-refractivity contribution is -0.120. The largest absolute Gasteiger partial charge is 0.493 e. The molecule has 3 rings (SSSR count). The summed E-state index contributed by atoms with van der Waals surface area (Å²) in [5.74, 6) is 0.922. The van der Waals surface area contributed by atoms with Crippen LogP contribution in [0.25, 0.3) is 0 Å². The van der Waals surface area contributed by atoms with Gasteiger partial charge in [-0.3, -0.25) is 4.79 Å². The molecule has 0 aromatic heterocycles. The van der Waals surface area contributed by atoms with Crippen LogP contribution < -0.4 is 14.8 Å². The Bertz CT molecular complexity index is 992. The van der Waals surface area contributed by atoms with Gasteiger partial charge in [0, 0.05) is 15.7 Å². The molecule has 0 aliphatic heterocycles. The summed E-state index contributed by atoms with van der Waals surface area (Å²) in [6, 6.07) is 22.5. The summed E-state index contributed by atoms with van der Waals surface area (Å²) in [6.45, 7) is 0.244. The fourth-order valence-corrected chi connectivity index (χ4v) is 2.80. The van der Waals surface area contributed by atoms with Crippen LogP contribution in [0.2, 0.25) is 0 Å². The highest BCUT2D eigenvalue weighted by Gasteiger charge is 2.06. The fraction of sp³-hybridized carbons (Fsp3) is 0.130. The molecule has 0 heterocycles. The van der Waals surface area contributed by atoms with Crippen LogP contribution in [0.1, 0.15) is 11.1 Å². The monoisotopic (exact) mass is 468 g/mol. The molecule has 0 saturated carbocycles. The average molecular weight is 469 g/mol. The third kappa shape index (κ3) is 6.63. The van der Waals surface area contributed by atoms with Crippen molar-refractivity contribution in [2.75, 3.05) is 19.0 Å². The maximum atomic E-state index is 11.8. The summed E-state index contributed by atoms with van der Waals surface area (Å²) in [4.78, 5) is 16.9. The first-order valence-electron chi connectivity index (χ1n) is 9.19. The SMILES string of the molecule is COc1cc(C=NOCC(=O)Nc2ccccc2)ccc1OCc1ccc(Br)cc1. The standard InChI is InChI=1S/C23H21BrN2O4/c1-28-22-13-18(9-12-21(22)29-15-17-7-10-19(24)11-8-17)14-25-30-16-23(27)26-20-5-3-2-4-6-20/h2-14H,15-16H2,1H3,(H,26,27). The zero-order valence-corrected chi connectivity index (χ0v) is 18.0. The Balaban J connectivity index is 1.51. The molecule has 0 atom stereocenters. The minimum atomic E-state index is -0.285. The molecule has 0 radical (unpaired) electrons. The highest BCUT2D eigenvalue weighted by Crippen LogP contribution is 2.28. The smallest absolute Gasteiger partial charge is 0.265 e. The van der Waals surface area contributed by atoms with Crippen LogP contribution >= 0.6 is 15.9 Å². The van der Waals surface area contributed by atoms with E-state index in [0.717, 1.165) is 15.6 Å². The van der Waals surface area contributed by atoms with Crippen LogP contribution in [0.3, 0.4) is 0 Å². The van der Waals surface area contributed by atoms with Gasteiger partial charge in [-0.2, -0.15) is 0 Å². The number of rotatable bonds is 9. The van der Waals surface area contributed by atoms with Gasteiger partial charge in [0.15, 0.2) is 18.1 Å². The Morgan fingerprint density at radius 1 is 1.03 bits per heavy atom. The zero-order chi connectivity index (χ0) is 21.2. The van der Waals surface area contributed by atoms with Crippen LogP contribution in [-0.4, -0.2) is 25.8 Å². The number of carbonyl (C=O) groups excluding carboxylic acids is 1. The molecule has 0 aliphatic carbocycles. The third-order valence-electron chi connectivity index (χ3n) is 4.02. The lowest BCUT2D eigenvalue weighted by atomic mass is 10.2. The number of ether oxygens (including phenoxy) is 2. The molecule has 154 valence electrons. The molecule has 0 bridgehead atoms. The number of oxime groups is 1. The minimum absolute atomic E-state index is 0.184. The van der Waals surface area contributed by atoms with Crippen LogP contribution in [0.15, 0.2) is 82.4 Å². The lowest BCUT2D eigenvalue weighted by Gasteiger charge is -2.11. The average Bonchev–Trinajstić information content (AvgIpc) is 2.77. The van der Waals surface area contributed by atoms with Crippen LogP contribution in [0.4, 0.5) is 5.69 Å². The molecule has 3 aromatic carbocycles. The summed E-state index contributed by atoms with van der Waals surface area (Å²) in [6.07, 6.45) is 1.51. The normalized spacial score (nSPS) is 10.6. The number of benzene rings is 3. The van der Waals surface area contributed by atoms with Gasteiger partial charge in [-0.05, 0) is 48.0 Å². The summed E-state index contributed by atoms with van der Waals surface area (Å²) in [5, 5.41) is 6.56. The van der Waals surface area contributed by atoms with E-state index in [1.54, 1.807) is 31.4 Å². The fourth-order valence-electron chi connectivity index (χ4n) is 2.54. The van der Waals surface area contributed by atoms with Gasteiger partial charge in [0.25, 0.3) is 5.91 Å². The number of nitrogens with one attached hydrogen (secondary N) is 1. The molecular weight excluding hydrogens is 448 g/mol. The third-order valence-corrected chi connectivity index (χ3v) is 4.55. The van der Waals surface area contributed by atoms with E-state index in [1.165, 1.54) is 6.21 Å². The van der Waals surface area contributed by atoms with Crippen molar-refractivity contribution in [3.63, 3.8) is 0 Å². The van der Waals surface area contributed by atoms with E-state index in [0.29, 0.717) is 23.8 Å². The van der Waals surface area contributed by atoms with E-state index in [1.807, 2.05) is 48.5 Å². The maximum absolute atomic E-state index is 11.8. The van der Waals surface area contributed by atoms with Crippen molar-refractivity contribution in [2.45, 2.75) is 6.61 Å². The topological polar surface area (TPSA) is 69.2 Å². The number of carbonyl (C=O) groups is 1. The van der Waals surface area contributed by atoms with E-state index < -0.39 is 0 Å². The van der Waals surface area contributed by atoms with Gasteiger partial charge >= 0.3 is 0 Å². The molecule has 6 nitrogen and oxygen atoms in total. The van der Waals surface area contributed by atoms with Crippen LogP contribution in [0, 0.1) is 0 Å². The molecule has 1 amide bonds. The summed E-state index contributed by atoms with van der Waals surface area (Å²) >= 11 is 3.42. The molecule has 0 unspecified atom stereocenters. The highest BCUT2D eigenvalue weighted by atomic mass is 79.9. The van der Waals surface area contributed by atoms with Gasteiger partial charge in [0.05, 0.1) is 13.3 Å². The van der Waals surface area contributed by atoms with E-state index in [4.69, 9.17) is 14.3 Å². The number of para-hydroxylation sites is 1. The summed E-state index contributed by atoms with van der Waals surface area (Å²) in [7, 11) is 1.58. The van der Waals surface area contributed by atoms with Gasteiger partial charge < -0.3 is 19.6 Å². The van der Waals surface area contributed by atoms with Gasteiger partial charge in [-0.1, -0.05) is 51.4 Å². The van der Waals surface area contributed by atoms with Gasteiger partial charge in [-0.15, -0.1) is 0 Å². The second-order valence-corrected chi connectivity index (χ2v) is 7.16. The maximum Gasteiger partial charge on any atom is 0.265 e. The molecule has 1 N–H and O–H groups in total. The van der Waals surface area contributed by atoms with Crippen molar-refractivity contribution in [1.29, 1.82) is 0 Å². The Morgan fingerprint density at radius 3 is 2.53 bits per heavy atom. The number of hydrogen-bond acceptors (Lipinski definition) is 5. The number of halogens is 1. The molecule has 0 spiro atoms. The Labute approximate surface area is 183 Å². The van der Waals surface area contributed by atoms with Crippen molar-refractivity contribution < 1.29 is 19.1 Å². The Morgan fingerprint density at radius 2 is 1.80 bits per heavy atom. The van der Waals surface area contributed by atoms with Crippen molar-refractivity contribution >= 4 is 33.7 Å². The van der Waals surface area contributed by atoms with Gasteiger partial charge in [-0.25, -0.2) is 0 Å². The molecule has 0 fully saturated rings. The van der Waals surface area contributed by atoms with E-state index in [2.05, 4.69) is 26.4 Å². The first-order valence-corrected chi connectivity index (χ1v) is 9.99. The van der Waals surface area contributed by atoms with E-state index in [-0.39, 0.29) is 12.5 Å². The first-order chi connectivity index (χ1) is 14.6. The zero-order valence-electron chi connectivity index (χ0n) is 16.4. The molecule has 7 heteroatoms. The predicted molar refractivity (Wildman–Crippen MR) is 120 cm³/mol. The molecule has 3 aromatic rings. The number of methoxy groups -OCH3 is 1. The molecular formula is C23H21BrN2O4. The molecule has 0 aliphatic rings. The minimum Gasteiger partial charge on any atom is -0.493 e. The Hall–Kier alpha value is -3.32. The Kier molecular flexibility index (Phi) is 7.86. The van der Waals surface area contributed by atoms with Crippen LogP contribution in [0.5, 0.6) is 11.5 Å². The quantitative estimate of drug-likeness (QED) is 0.353. The van der Waals surface area contributed by atoms with E-state index in [9.17, 15) is 4.79 Å². The lowest BCUT2D eigenvalue weighted by Crippen LogP contribution is -2.16. The molecule has 30 heavy (non-hydrogen) atoms. The van der Waals surface area contributed by atoms with Crippen molar-refractivity contribution in [2.24, 2.45) is 5.16 Å². The van der Waals surface area contributed by atoms with Crippen LogP contribution in [-0.2, 0) is 16.2 Å². The number of anilines is 1. The van der Waals surface area contributed by atoms with Crippen molar-refractivity contribution in [1.82, 2.24) is 0 Å². The summed E-state index contributed by atoms with van der Waals surface area (Å²) in [5.41, 5.74) is 2.51. The van der Waals surface area contributed by atoms with Crippen molar-refractivity contribution in [3.05, 3.63) is 88.4 Å². The highest BCUT2D eigenvalue weighted by molar-refractivity contribution is 9.10. The first kappa shape index (κ1) is 21.4. The number of nitrogens with zero attached hydrogens (tertiary/aromatic N) is 1. The predicted octanol–water partition coefficient (Wildman–Crippen LogP) is 5.03. The van der Waals surface area contributed by atoms with E-state index >= 15 is 0 Å².